The first-order valence-corrected chi connectivity index (χ1v) is 9.24. The first-order valence-electron chi connectivity index (χ1n) is 9.24. The normalized spacial score (nSPS) is 15.2. The van der Waals surface area contributed by atoms with Crippen molar-refractivity contribution in [2.45, 2.75) is 32.5 Å². The molecule has 1 aromatic carbocycles. The molecule has 1 fully saturated rings. The van der Waals surface area contributed by atoms with Gasteiger partial charge in [0.25, 0.3) is 5.91 Å². The van der Waals surface area contributed by atoms with Crippen LogP contribution in [0.1, 0.15) is 25.0 Å². The number of carbonyl (C=O) groups is 3. The maximum Gasteiger partial charge on any atom is 0.325 e. The van der Waals surface area contributed by atoms with Gasteiger partial charge < -0.3 is 15.0 Å². The van der Waals surface area contributed by atoms with Crippen molar-refractivity contribution in [2.24, 2.45) is 0 Å². The van der Waals surface area contributed by atoms with E-state index in [1.54, 1.807) is 44.3 Å². The van der Waals surface area contributed by atoms with E-state index in [9.17, 15) is 14.4 Å². The van der Waals surface area contributed by atoms with E-state index in [0.29, 0.717) is 13.1 Å². The predicted molar refractivity (Wildman–Crippen MR) is 106 cm³/mol. The molecule has 0 spiro atoms. The van der Waals surface area contributed by atoms with Crippen LogP contribution in [0.5, 0.6) is 5.75 Å². The van der Waals surface area contributed by atoms with E-state index in [0.717, 1.165) is 21.8 Å². The molecule has 8 nitrogen and oxygen atoms in total. The van der Waals surface area contributed by atoms with Crippen molar-refractivity contribution in [1.82, 2.24) is 20.1 Å². The van der Waals surface area contributed by atoms with Crippen LogP contribution in [0.15, 0.2) is 48.8 Å². The summed E-state index contributed by atoms with van der Waals surface area (Å²) in [7, 11) is 1.59. The lowest BCUT2D eigenvalue weighted by Gasteiger charge is -2.25. The van der Waals surface area contributed by atoms with Gasteiger partial charge in [-0.1, -0.05) is 18.2 Å². The van der Waals surface area contributed by atoms with Crippen LogP contribution in [0.2, 0.25) is 0 Å². The SMILES string of the molecule is COc1ccc(CN(Cc2cccnc2)C(=O)CN2C(=O)NC(C)(C)C2=O)cc1. The van der Waals surface area contributed by atoms with Crippen molar-refractivity contribution >= 4 is 17.8 Å². The van der Waals surface area contributed by atoms with Gasteiger partial charge in [0.05, 0.1) is 7.11 Å². The van der Waals surface area contributed by atoms with Crippen LogP contribution in [0, 0.1) is 0 Å². The average molecular weight is 396 g/mol. The number of rotatable bonds is 7. The van der Waals surface area contributed by atoms with Crippen LogP contribution in [0.25, 0.3) is 0 Å². The van der Waals surface area contributed by atoms with Gasteiger partial charge in [0.2, 0.25) is 5.91 Å². The molecule has 1 aromatic heterocycles. The van der Waals surface area contributed by atoms with Crippen LogP contribution in [0.3, 0.4) is 0 Å². The smallest absolute Gasteiger partial charge is 0.325 e. The number of hydrogen-bond acceptors (Lipinski definition) is 5. The fourth-order valence-electron chi connectivity index (χ4n) is 3.09. The highest BCUT2D eigenvalue weighted by molar-refractivity contribution is 6.08. The third-order valence-electron chi connectivity index (χ3n) is 4.72. The van der Waals surface area contributed by atoms with E-state index in [2.05, 4.69) is 10.3 Å². The molecule has 0 aliphatic carbocycles. The molecule has 1 saturated heterocycles. The number of pyridine rings is 1. The maximum atomic E-state index is 13.0. The monoisotopic (exact) mass is 396 g/mol. The second kappa shape index (κ2) is 8.30. The molecule has 0 unspecified atom stereocenters. The molecule has 2 aromatic rings. The predicted octanol–water partition coefficient (Wildman–Crippen LogP) is 1.95. The molecular weight excluding hydrogens is 372 g/mol. The molecule has 3 rings (SSSR count). The summed E-state index contributed by atoms with van der Waals surface area (Å²) in [6.45, 7) is 3.55. The highest BCUT2D eigenvalue weighted by atomic mass is 16.5. The first kappa shape index (κ1) is 20.3. The second-order valence-corrected chi connectivity index (χ2v) is 7.41. The summed E-state index contributed by atoms with van der Waals surface area (Å²) in [6, 6.07) is 10.5. The third kappa shape index (κ3) is 4.71. The number of nitrogens with one attached hydrogen (secondary N) is 1. The molecule has 0 saturated carbocycles. The van der Waals surface area contributed by atoms with Gasteiger partial charge in [0.1, 0.15) is 17.8 Å². The zero-order chi connectivity index (χ0) is 21.0. The average Bonchev–Trinajstić information content (AvgIpc) is 2.90. The highest BCUT2D eigenvalue weighted by Crippen LogP contribution is 2.18. The van der Waals surface area contributed by atoms with Gasteiger partial charge in [-0.3, -0.25) is 19.5 Å². The van der Waals surface area contributed by atoms with E-state index in [-0.39, 0.29) is 12.5 Å². The zero-order valence-corrected chi connectivity index (χ0v) is 16.7. The van der Waals surface area contributed by atoms with Gasteiger partial charge in [0, 0.05) is 25.5 Å². The minimum absolute atomic E-state index is 0.311. The molecule has 152 valence electrons. The van der Waals surface area contributed by atoms with Crippen LogP contribution in [-0.2, 0) is 22.7 Å². The van der Waals surface area contributed by atoms with Crippen molar-refractivity contribution in [3.05, 3.63) is 59.9 Å². The lowest BCUT2D eigenvalue weighted by molar-refractivity contribution is -0.139. The summed E-state index contributed by atoms with van der Waals surface area (Å²) >= 11 is 0. The Labute approximate surface area is 169 Å². The minimum Gasteiger partial charge on any atom is -0.497 e. The molecule has 29 heavy (non-hydrogen) atoms. The van der Waals surface area contributed by atoms with Crippen molar-refractivity contribution in [2.75, 3.05) is 13.7 Å². The van der Waals surface area contributed by atoms with Gasteiger partial charge in [0.15, 0.2) is 0 Å². The van der Waals surface area contributed by atoms with E-state index in [4.69, 9.17) is 4.74 Å². The Morgan fingerprint density at radius 2 is 1.83 bits per heavy atom. The Bertz CT molecular complexity index is 897. The Hall–Kier alpha value is -3.42. The number of imide groups is 1. The number of benzene rings is 1. The van der Waals surface area contributed by atoms with Crippen LogP contribution in [-0.4, -0.2) is 51.8 Å². The number of amides is 4. The fraction of sp³-hybridized carbons (Fsp3) is 0.333. The summed E-state index contributed by atoms with van der Waals surface area (Å²) in [6.07, 6.45) is 3.35. The van der Waals surface area contributed by atoms with Gasteiger partial charge in [-0.2, -0.15) is 0 Å². The van der Waals surface area contributed by atoms with E-state index < -0.39 is 17.5 Å². The van der Waals surface area contributed by atoms with Crippen molar-refractivity contribution in [3.8, 4) is 5.75 Å². The number of hydrogen-bond donors (Lipinski definition) is 1. The number of ether oxygens (including phenoxy) is 1. The van der Waals surface area contributed by atoms with Crippen molar-refractivity contribution in [3.63, 3.8) is 0 Å². The minimum atomic E-state index is -1.01. The van der Waals surface area contributed by atoms with Crippen LogP contribution < -0.4 is 10.1 Å². The van der Waals surface area contributed by atoms with Crippen LogP contribution in [0.4, 0.5) is 4.79 Å². The second-order valence-electron chi connectivity index (χ2n) is 7.41. The Kier molecular flexibility index (Phi) is 5.81. The number of methoxy groups -OCH3 is 1. The molecule has 0 radical (unpaired) electrons. The number of carbonyl (C=O) groups excluding carboxylic acids is 3. The summed E-state index contributed by atoms with van der Waals surface area (Å²) < 4.78 is 5.17. The summed E-state index contributed by atoms with van der Waals surface area (Å²) in [5.41, 5.74) is 0.745. The van der Waals surface area contributed by atoms with Crippen molar-refractivity contribution in [1.29, 1.82) is 0 Å². The van der Waals surface area contributed by atoms with Gasteiger partial charge in [-0.15, -0.1) is 0 Å². The van der Waals surface area contributed by atoms with Crippen molar-refractivity contribution < 1.29 is 19.1 Å². The Morgan fingerprint density at radius 1 is 1.14 bits per heavy atom. The molecule has 1 aliphatic rings. The van der Waals surface area contributed by atoms with Gasteiger partial charge >= 0.3 is 6.03 Å². The van der Waals surface area contributed by atoms with Gasteiger partial charge in [-0.05, 0) is 43.2 Å². The molecule has 1 aliphatic heterocycles. The molecule has 1 N–H and O–H groups in total. The van der Waals surface area contributed by atoms with E-state index in [1.165, 1.54) is 0 Å². The standard InChI is InChI=1S/C21H24N4O4/c1-21(2)19(27)25(20(28)23-21)14-18(26)24(13-16-5-4-10-22-11-16)12-15-6-8-17(29-3)9-7-15/h4-11H,12-14H2,1-3H3,(H,23,28). The summed E-state index contributed by atoms with van der Waals surface area (Å²) in [4.78, 5) is 44.3. The first-order chi connectivity index (χ1) is 13.8. The highest BCUT2D eigenvalue weighted by Gasteiger charge is 2.45. The van der Waals surface area contributed by atoms with E-state index in [1.807, 2.05) is 30.3 Å². The topological polar surface area (TPSA) is 91.8 Å². The van der Waals surface area contributed by atoms with Gasteiger partial charge in [-0.25, -0.2) is 4.79 Å². The molecule has 4 amide bonds. The molecule has 0 bridgehead atoms. The molecule has 2 heterocycles. The zero-order valence-electron chi connectivity index (χ0n) is 16.7. The van der Waals surface area contributed by atoms with E-state index >= 15 is 0 Å². The molecular formula is C21H24N4O4. The quantitative estimate of drug-likeness (QED) is 0.723. The Balaban J connectivity index is 1.78. The molecule has 8 heteroatoms. The maximum absolute atomic E-state index is 13.0. The molecule has 0 atom stereocenters. The summed E-state index contributed by atoms with van der Waals surface area (Å²) in [5, 5.41) is 2.59. The lowest BCUT2D eigenvalue weighted by Crippen LogP contribution is -2.44. The lowest BCUT2D eigenvalue weighted by atomic mass is 10.1. The largest absolute Gasteiger partial charge is 0.497 e. The third-order valence-corrected chi connectivity index (χ3v) is 4.72. The summed E-state index contributed by atoms with van der Waals surface area (Å²) in [5.74, 6) is -0.0204. The number of urea groups is 1. The number of nitrogens with zero attached hydrogens (tertiary/aromatic N) is 3. The van der Waals surface area contributed by atoms with Crippen LogP contribution >= 0.6 is 0 Å². The Morgan fingerprint density at radius 3 is 2.38 bits per heavy atom. The number of aromatic nitrogens is 1. The fourth-order valence-corrected chi connectivity index (χ4v) is 3.09.